The second-order valence-electron chi connectivity index (χ2n) is 11.7. The molecule has 0 aliphatic carbocycles. The van der Waals surface area contributed by atoms with Crippen LogP contribution < -0.4 is 19.4 Å². The number of nitrogens with zero attached hydrogens (tertiary/aromatic N) is 1. The molecule has 3 heterocycles. The Balaban J connectivity index is 0.000000141. The predicted octanol–water partition coefficient (Wildman–Crippen LogP) is 9.39. The van der Waals surface area contributed by atoms with E-state index in [-0.39, 0.29) is 21.7 Å². The third-order valence-corrected chi connectivity index (χ3v) is 11.2. The van der Waals surface area contributed by atoms with Crippen molar-refractivity contribution in [2.45, 2.75) is 6.73 Å². The molecule has 10 rings (SSSR count). The number of aromatic amines is 1. The largest absolute Gasteiger partial charge is 2.00 e. The second kappa shape index (κ2) is 12.5. The molecule has 4 nitrogen and oxygen atoms in total. The van der Waals surface area contributed by atoms with Gasteiger partial charge in [-0.05, 0) is 76.5 Å². The first-order valence-electron chi connectivity index (χ1n) is 15.6. The summed E-state index contributed by atoms with van der Waals surface area (Å²) in [4.78, 5) is 3.41. The van der Waals surface area contributed by atoms with Crippen LogP contribution >= 0.6 is 22.7 Å². The predicted molar refractivity (Wildman–Crippen MR) is 198 cm³/mol. The minimum Gasteiger partial charge on any atom is -0.872 e. The van der Waals surface area contributed by atoms with E-state index in [2.05, 4.69) is 76.3 Å². The fraction of sp³-hybridized carbons (Fsp3) is 0.0244. The monoisotopic (exact) mass is 670 g/mol. The first-order valence-corrected chi connectivity index (χ1v) is 17.2. The van der Waals surface area contributed by atoms with Gasteiger partial charge in [0.25, 0.3) is 16.7 Å². The van der Waals surface area contributed by atoms with Gasteiger partial charge in [0, 0.05) is 28.5 Å². The van der Waals surface area contributed by atoms with Gasteiger partial charge < -0.3 is 9.84 Å². The van der Waals surface area contributed by atoms with E-state index in [4.69, 9.17) is 4.74 Å². The summed E-state index contributed by atoms with van der Waals surface area (Å²) in [6.07, 6.45) is 0. The number of ether oxygens (including phenoxy) is 1. The van der Waals surface area contributed by atoms with Crippen LogP contribution in [-0.4, -0.2) is 10.1 Å². The van der Waals surface area contributed by atoms with E-state index in [1.165, 1.54) is 42.4 Å². The fourth-order valence-corrected chi connectivity index (χ4v) is 8.90. The molecule has 9 aromatic rings. The van der Waals surface area contributed by atoms with E-state index in [1.807, 2.05) is 48.5 Å². The van der Waals surface area contributed by atoms with Gasteiger partial charge in [-0.1, -0.05) is 101 Å². The van der Waals surface area contributed by atoms with E-state index in [0.717, 1.165) is 43.7 Å². The van der Waals surface area contributed by atoms with Crippen molar-refractivity contribution in [3.63, 3.8) is 0 Å². The van der Waals surface area contributed by atoms with E-state index in [0.29, 0.717) is 6.73 Å². The molecular formula is C41H26BeFN2O2S2+3. The first kappa shape index (κ1) is 30.8. The molecule has 0 amide bonds. The molecule has 2 aromatic heterocycles. The third-order valence-electron chi connectivity index (χ3n) is 8.77. The van der Waals surface area contributed by atoms with Gasteiger partial charge >= 0.3 is 10.1 Å². The van der Waals surface area contributed by atoms with Crippen molar-refractivity contribution in [3.05, 3.63) is 145 Å². The summed E-state index contributed by atoms with van der Waals surface area (Å²) in [5.41, 5.74) is 6.46. The Morgan fingerprint density at radius 3 is 2.22 bits per heavy atom. The van der Waals surface area contributed by atoms with Crippen LogP contribution in [0.3, 0.4) is 0 Å². The summed E-state index contributed by atoms with van der Waals surface area (Å²) in [7, 11) is 0. The van der Waals surface area contributed by atoms with E-state index in [9.17, 15) is 9.50 Å². The van der Waals surface area contributed by atoms with Crippen LogP contribution in [-0.2, 0) is 6.73 Å². The Bertz CT molecular complexity index is 2670. The number of rotatable bonds is 2. The molecule has 0 saturated heterocycles. The number of halogens is 1. The van der Waals surface area contributed by atoms with Gasteiger partial charge in [-0.15, -0.1) is 4.57 Å². The number of benzene rings is 7. The van der Waals surface area contributed by atoms with Gasteiger partial charge in [-0.25, -0.2) is 4.39 Å². The Morgan fingerprint density at radius 2 is 1.37 bits per heavy atom. The second-order valence-corrected chi connectivity index (χ2v) is 13.7. The van der Waals surface area contributed by atoms with Crippen molar-refractivity contribution in [1.82, 2.24) is 0 Å². The number of aromatic nitrogens is 2. The number of H-pyrrole nitrogens is 1. The molecule has 7 aromatic carbocycles. The molecule has 49 heavy (non-hydrogen) atoms. The Hall–Kier alpha value is -5.46. The van der Waals surface area contributed by atoms with Crippen LogP contribution in [0.1, 0.15) is 0 Å². The van der Waals surface area contributed by atoms with Crippen LogP contribution in [0.5, 0.6) is 11.5 Å². The van der Waals surface area contributed by atoms with Crippen LogP contribution in [0.15, 0.2) is 140 Å². The number of thiazole rings is 2. The zero-order valence-electron chi connectivity index (χ0n) is 26.2. The minimum atomic E-state index is -0.200. The van der Waals surface area contributed by atoms with Crippen molar-refractivity contribution in [1.29, 1.82) is 0 Å². The Labute approximate surface area is 293 Å². The standard InChI is InChI=1S/C23H15NOS.C18H11FNOS.Be/c25-21-9-5-4-8-19(21)23-24-20-13-11-17-14-16(15-6-2-1-3-7-15)10-12-18(17)22(20)26-23;19-12-6-7-13-11(9-12)5-8-15-17(13)22-18-14-3-1-2-4-16(14)21-10-20(15)18;/h1-14,25H;1-9H,10H2;/q;+1;+2. The molecule has 0 radical (unpaired) electrons. The van der Waals surface area contributed by atoms with Gasteiger partial charge in [-0.2, -0.15) is 4.98 Å². The average Bonchev–Trinajstić information content (AvgIpc) is 3.75. The number of hydrogen-bond donors (Lipinski definition) is 0. The number of fused-ring (bicyclic) bond motifs is 10. The minimum absolute atomic E-state index is 0. The molecule has 0 fully saturated rings. The summed E-state index contributed by atoms with van der Waals surface area (Å²) in [5, 5.41) is 18.7. The summed E-state index contributed by atoms with van der Waals surface area (Å²) in [6.45, 7) is 0.513. The summed E-state index contributed by atoms with van der Waals surface area (Å²) in [5.74, 6) is 0.768. The van der Waals surface area contributed by atoms with Crippen LogP contribution in [0, 0.1) is 5.82 Å². The molecule has 0 spiro atoms. The van der Waals surface area contributed by atoms with E-state index < -0.39 is 0 Å². The maximum Gasteiger partial charge on any atom is 2.00 e. The van der Waals surface area contributed by atoms with Crippen molar-refractivity contribution >= 4 is 74.8 Å². The Kier molecular flexibility index (Phi) is 7.89. The molecule has 0 unspecified atom stereocenters. The smallest absolute Gasteiger partial charge is 0.872 e. The first-order chi connectivity index (χ1) is 23.6. The molecule has 0 atom stereocenters. The SMILES string of the molecule is Fc1ccc2c(ccc3c2sc2[n+]3COc3ccccc3-2)c1.[Be+2].[O-]c1ccccc1-c1[nH+]c2ccc3cc(-c4ccccc4)ccc3c2s1. The maximum absolute atomic E-state index is 13.4. The van der Waals surface area contributed by atoms with Crippen molar-refractivity contribution < 1.29 is 23.8 Å². The third kappa shape index (κ3) is 5.42. The summed E-state index contributed by atoms with van der Waals surface area (Å²) in [6, 6.07) is 45.5. The topological polar surface area (TPSA) is 50.3 Å². The van der Waals surface area contributed by atoms with Gasteiger partial charge in [0.05, 0.1) is 5.56 Å². The summed E-state index contributed by atoms with van der Waals surface area (Å²) < 4.78 is 23.8. The van der Waals surface area contributed by atoms with E-state index in [1.54, 1.807) is 40.9 Å². The quantitative estimate of drug-likeness (QED) is 0.136. The van der Waals surface area contributed by atoms with Gasteiger partial charge in [0.2, 0.25) is 11.0 Å². The van der Waals surface area contributed by atoms with Gasteiger partial charge in [0.1, 0.15) is 21.0 Å². The van der Waals surface area contributed by atoms with Crippen LogP contribution in [0.4, 0.5) is 4.39 Å². The zero-order valence-corrected chi connectivity index (χ0v) is 27.8. The zero-order chi connectivity index (χ0) is 32.2. The number of para-hydroxylation sites is 2. The van der Waals surface area contributed by atoms with Crippen molar-refractivity contribution in [2.75, 3.05) is 0 Å². The maximum atomic E-state index is 13.4. The normalized spacial score (nSPS) is 11.8. The van der Waals surface area contributed by atoms with Crippen LogP contribution in [0.2, 0.25) is 0 Å². The number of hydrogen-bond acceptors (Lipinski definition) is 4. The molecule has 8 heteroatoms. The molecule has 0 saturated carbocycles. The Morgan fingerprint density at radius 1 is 0.653 bits per heavy atom. The molecular weight excluding hydrogens is 645 g/mol. The molecule has 230 valence electrons. The van der Waals surface area contributed by atoms with E-state index >= 15 is 0 Å². The van der Waals surface area contributed by atoms with Crippen molar-refractivity contribution in [3.8, 4) is 43.8 Å². The average molecular weight is 671 g/mol. The molecule has 1 N–H and O–H groups in total. The van der Waals surface area contributed by atoms with Gasteiger partial charge in [0.15, 0.2) is 0 Å². The molecule has 1 aliphatic rings. The van der Waals surface area contributed by atoms with Crippen LogP contribution in [0.25, 0.3) is 74.2 Å². The number of nitrogens with one attached hydrogen (secondary N) is 1. The fourth-order valence-electron chi connectivity index (χ4n) is 6.42. The van der Waals surface area contributed by atoms with Gasteiger partial charge in [-0.3, -0.25) is 0 Å². The summed E-state index contributed by atoms with van der Waals surface area (Å²) >= 11 is 3.38. The molecule has 0 bridgehead atoms. The molecule has 1 aliphatic heterocycles. The van der Waals surface area contributed by atoms with Crippen molar-refractivity contribution in [2.24, 2.45) is 0 Å².